The van der Waals surface area contributed by atoms with E-state index in [1.807, 2.05) is 6.07 Å². The van der Waals surface area contributed by atoms with Crippen molar-refractivity contribution < 1.29 is 9.18 Å². The Morgan fingerprint density at radius 2 is 2.14 bits per heavy atom. The number of thiophene rings is 1. The summed E-state index contributed by atoms with van der Waals surface area (Å²) >= 11 is 7.77. The van der Waals surface area contributed by atoms with Gasteiger partial charge in [-0.1, -0.05) is 35.6 Å². The van der Waals surface area contributed by atoms with E-state index in [1.165, 1.54) is 42.6 Å². The molecule has 1 fully saturated rings. The molecule has 1 aliphatic rings. The molecule has 2 heterocycles. The molecule has 3 aromatic rings. The van der Waals surface area contributed by atoms with Crippen LogP contribution in [0.3, 0.4) is 0 Å². The Bertz CT molecular complexity index is 1090. The first-order valence-corrected chi connectivity index (χ1v) is 9.90. The average molecular weight is 412 g/mol. The van der Waals surface area contributed by atoms with Gasteiger partial charge in [0.15, 0.2) is 5.82 Å². The first kappa shape index (κ1) is 18.6. The predicted molar refractivity (Wildman–Crippen MR) is 109 cm³/mol. The molecule has 0 aliphatic heterocycles. The number of carbonyl (C=O) groups is 1. The highest BCUT2D eigenvalue weighted by atomic mass is 35.5. The number of aromatic nitrogens is 2. The Kier molecular flexibility index (Phi) is 5.12. The minimum absolute atomic E-state index is 0.00597. The molecule has 4 nitrogen and oxygen atoms in total. The Hall–Kier alpha value is -2.75. The number of hydrogen-bond acceptors (Lipinski definition) is 4. The number of carbonyl (C=O) groups excluding carboxylic acids is 1. The molecule has 1 aliphatic carbocycles. The van der Waals surface area contributed by atoms with Crippen molar-refractivity contribution in [3.8, 4) is 22.4 Å². The molecule has 0 atom stereocenters. The van der Waals surface area contributed by atoms with Crippen LogP contribution in [0, 0.1) is 30.5 Å². The average Bonchev–Trinajstić information content (AvgIpc) is 3.42. The number of nitrogens with one attached hydrogen (secondary N) is 1. The zero-order valence-corrected chi connectivity index (χ0v) is 16.5. The van der Waals surface area contributed by atoms with E-state index >= 15 is 0 Å². The van der Waals surface area contributed by atoms with Crippen molar-refractivity contribution in [2.45, 2.75) is 19.8 Å². The zero-order chi connectivity index (χ0) is 19.7. The summed E-state index contributed by atoms with van der Waals surface area (Å²) < 4.78 is 13.9. The molecule has 1 aromatic carbocycles. The van der Waals surface area contributed by atoms with Crippen LogP contribution in [0.5, 0.6) is 0 Å². The van der Waals surface area contributed by atoms with Crippen molar-refractivity contribution in [3.05, 3.63) is 63.5 Å². The van der Waals surface area contributed by atoms with E-state index in [9.17, 15) is 9.18 Å². The third-order valence-corrected chi connectivity index (χ3v) is 5.72. The molecule has 1 saturated carbocycles. The Labute approximate surface area is 170 Å². The number of anilines is 1. The van der Waals surface area contributed by atoms with Crippen LogP contribution < -0.4 is 5.32 Å². The number of hydrogen-bond donors (Lipinski definition) is 1. The van der Waals surface area contributed by atoms with E-state index in [2.05, 4.69) is 27.1 Å². The minimum Gasteiger partial charge on any atom is -0.305 e. The van der Waals surface area contributed by atoms with Gasteiger partial charge < -0.3 is 5.32 Å². The van der Waals surface area contributed by atoms with Gasteiger partial charge in [-0.3, -0.25) is 4.79 Å². The van der Waals surface area contributed by atoms with Crippen LogP contribution in [0.15, 0.2) is 36.7 Å². The highest BCUT2D eigenvalue weighted by molar-refractivity contribution is 7.16. The molecule has 0 spiro atoms. The number of aryl methyl sites for hydroxylation is 1. The quantitative estimate of drug-likeness (QED) is 0.593. The van der Waals surface area contributed by atoms with Gasteiger partial charge in [-0.15, -0.1) is 11.3 Å². The normalized spacial score (nSPS) is 13.0. The third-order valence-electron chi connectivity index (χ3n) is 4.24. The third kappa shape index (κ3) is 4.06. The molecule has 4 rings (SSSR count). The smallest absolute Gasteiger partial charge is 0.260 e. The molecule has 28 heavy (non-hydrogen) atoms. The van der Waals surface area contributed by atoms with Crippen molar-refractivity contribution in [2.24, 2.45) is 5.92 Å². The van der Waals surface area contributed by atoms with Gasteiger partial charge in [0, 0.05) is 5.92 Å². The topological polar surface area (TPSA) is 54.9 Å². The van der Waals surface area contributed by atoms with E-state index in [-0.39, 0.29) is 11.4 Å². The predicted octanol–water partition coefficient (Wildman–Crippen LogP) is 5.32. The first-order chi connectivity index (χ1) is 13.5. The van der Waals surface area contributed by atoms with E-state index in [0.717, 1.165) is 9.75 Å². The minimum atomic E-state index is -0.577. The highest BCUT2D eigenvalue weighted by Crippen LogP contribution is 2.35. The van der Waals surface area contributed by atoms with Crippen molar-refractivity contribution in [1.29, 1.82) is 0 Å². The lowest BCUT2D eigenvalue weighted by Gasteiger charge is -2.08. The molecular weight excluding hydrogens is 397 g/mol. The lowest BCUT2D eigenvalue weighted by atomic mass is 10.1. The van der Waals surface area contributed by atoms with E-state index < -0.39 is 11.7 Å². The maximum absolute atomic E-state index is 13.9. The summed E-state index contributed by atoms with van der Waals surface area (Å²) in [4.78, 5) is 22.6. The second kappa shape index (κ2) is 7.70. The molecular formula is C21H15ClFN3OS. The number of amides is 1. The van der Waals surface area contributed by atoms with E-state index in [1.54, 1.807) is 19.1 Å². The van der Waals surface area contributed by atoms with Crippen molar-refractivity contribution >= 4 is 34.7 Å². The van der Waals surface area contributed by atoms with Crippen LogP contribution in [0.4, 0.5) is 10.2 Å². The Balaban J connectivity index is 1.51. The molecule has 0 unspecified atom stereocenters. The number of rotatable bonds is 3. The lowest BCUT2D eigenvalue weighted by Crippen LogP contribution is -2.16. The summed E-state index contributed by atoms with van der Waals surface area (Å²) in [7, 11) is 0. The van der Waals surface area contributed by atoms with Gasteiger partial charge in [-0.25, -0.2) is 14.4 Å². The van der Waals surface area contributed by atoms with E-state index in [0.29, 0.717) is 22.2 Å². The lowest BCUT2D eigenvalue weighted by molar-refractivity contribution is 0.102. The van der Waals surface area contributed by atoms with Crippen LogP contribution in [0.2, 0.25) is 5.02 Å². The standard InChI is InChI=1S/C21H15ClFN3OS/c1-12-3-2-4-16(23)19(12)21(27)26-18-11-24-17(10-25-18)20-15(22)9-14(28-20)8-7-13-5-6-13/h2-4,9-11,13H,5-6H2,1H3,(H,25,26,27). The fourth-order valence-corrected chi connectivity index (χ4v) is 3.87. The fourth-order valence-electron chi connectivity index (χ4n) is 2.61. The van der Waals surface area contributed by atoms with E-state index in [4.69, 9.17) is 11.6 Å². The summed E-state index contributed by atoms with van der Waals surface area (Å²) in [6.07, 6.45) is 5.29. The van der Waals surface area contributed by atoms with Gasteiger partial charge in [0.25, 0.3) is 5.91 Å². The number of halogens is 2. The van der Waals surface area contributed by atoms with Crippen LogP contribution in [0.25, 0.3) is 10.6 Å². The van der Waals surface area contributed by atoms with Crippen LogP contribution >= 0.6 is 22.9 Å². The monoisotopic (exact) mass is 411 g/mol. The van der Waals surface area contributed by atoms with Gasteiger partial charge in [-0.05, 0) is 37.5 Å². The summed E-state index contributed by atoms with van der Waals surface area (Å²) in [5, 5.41) is 3.14. The molecule has 0 radical (unpaired) electrons. The molecule has 0 bridgehead atoms. The molecule has 0 saturated heterocycles. The number of benzene rings is 1. The van der Waals surface area contributed by atoms with Gasteiger partial charge in [-0.2, -0.15) is 0 Å². The van der Waals surface area contributed by atoms with Gasteiger partial charge in [0.05, 0.1) is 32.7 Å². The van der Waals surface area contributed by atoms with Crippen LogP contribution in [0.1, 0.15) is 33.6 Å². The Morgan fingerprint density at radius 3 is 2.82 bits per heavy atom. The fraction of sp³-hybridized carbons (Fsp3) is 0.190. The molecule has 7 heteroatoms. The zero-order valence-electron chi connectivity index (χ0n) is 14.9. The largest absolute Gasteiger partial charge is 0.305 e. The maximum atomic E-state index is 13.9. The maximum Gasteiger partial charge on any atom is 0.260 e. The summed E-state index contributed by atoms with van der Waals surface area (Å²) in [6.45, 7) is 1.68. The van der Waals surface area contributed by atoms with Gasteiger partial charge in [0.2, 0.25) is 0 Å². The second-order valence-electron chi connectivity index (χ2n) is 6.50. The van der Waals surface area contributed by atoms with Gasteiger partial charge >= 0.3 is 0 Å². The molecule has 140 valence electrons. The SMILES string of the molecule is Cc1cccc(F)c1C(=O)Nc1cnc(-c2sc(C#CC3CC3)cc2Cl)cn1. The van der Waals surface area contributed by atoms with Crippen LogP contribution in [-0.4, -0.2) is 15.9 Å². The molecule has 1 N–H and O–H groups in total. The highest BCUT2D eigenvalue weighted by Gasteiger charge is 2.18. The summed E-state index contributed by atoms with van der Waals surface area (Å²) in [6, 6.07) is 6.31. The Morgan fingerprint density at radius 1 is 1.32 bits per heavy atom. The van der Waals surface area contributed by atoms with Gasteiger partial charge in [0.1, 0.15) is 11.5 Å². The molecule has 2 aromatic heterocycles. The van der Waals surface area contributed by atoms with Crippen molar-refractivity contribution in [2.75, 3.05) is 5.32 Å². The summed E-state index contributed by atoms with van der Waals surface area (Å²) in [5.74, 6) is 5.97. The molecule has 1 amide bonds. The van der Waals surface area contributed by atoms with Crippen LogP contribution in [-0.2, 0) is 0 Å². The summed E-state index contributed by atoms with van der Waals surface area (Å²) in [5.41, 5.74) is 1.13. The first-order valence-electron chi connectivity index (χ1n) is 8.71. The number of nitrogens with zero attached hydrogens (tertiary/aromatic N) is 2. The second-order valence-corrected chi connectivity index (χ2v) is 7.96. The van der Waals surface area contributed by atoms with Crippen molar-refractivity contribution in [1.82, 2.24) is 9.97 Å². The van der Waals surface area contributed by atoms with Crippen molar-refractivity contribution in [3.63, 3.8) is 0 Å².